The molecule has 1 aromatic heterocycles. The van der Waals surface area contributed by atoms with Gasteiger partial charge in [-0.15, -0.1) is 0 Å². The Labute approximate surface area is 146 Å². The van der Waals surface area contributed by atoms with Crippen molar-refractivity contribution in [3.8, 4) is 0 Å². The van der Waals surface area contributed by atoms with Crippen LogP contribution in [0.25, 0.3) is 0 Å². The molecular weight excluding hydrogens is 326 g/mol. The van der Waals surface area contributed by atoms with Gasteiger partial charge in [0.05, 0.1) is 6.04 Å². The van der Waals surface area contributed by atoms with Crippen LogP contribution < -0.4 is 0 Å². The number of likely N-dealkylation sites (tertiary alicyclic amines) is 1. The van der Waals surface area contributed by atoms with Gasteiger partial charge in [-0.05, 0) is 26.7 Å². The fraction of sp³-hybridized carbons (Fsp3) is 0.647. The molecule has 0 spiro atoms. The van der Waals surface area contributed by atoms with Crippen molar-refractivity contribution in [3.63, 3.8) is 0 Å². The zero-order valence-electron chi connectivity index (χ0n) is 14.9. The van der Waals surface area contributed by atoms with Crippen LogP contribution >= 0.6 is 0 Å². The van der Waals surface area contributed by atoms with Crippen LogP contribution in [0.1, 0.15) is 64.0 Å². The van der Waals surface area contributed by atoms with E-state index in [2.05, 4.69) is 5.16 Å². The minimum Gasteiger partial charge on any atom is -0.433 e. The number of nitrogens with zero attached hydrogens (tertiary/aromatic N) is 3. The summed E-state index contributed by atoms with van der Waals surface area (Å²) in [6.07, 6.45) is 0.840. The van der Waals surface area contributed by atoms with Gasteiger partial charge in [0.15, 0.2) is 5.60 Å². The monoisotopic (exact) mass is 349 g/mol. The summed E-state index contributed by atoms with van der Waals surface area (Å²) >= 11 is 0. The summed E-state index contributed by atoms with van der Waals surface area (Å²) in [4.78, 5) is 39.3. The van der Waals surface area contributed by atoms with Crippen LogP contribution in [0, 0.1) is 0 Å². The second-order valence-corrected chi connectivity index (χ2v) is 7.32. The van der Waals surface area contributed by atoms with Gasteiger partial charge < -0.3 is 14.2 Å². The van der Waals surface area contributed by atoms with Gasteiger partial charge in [-0.25, -0.2) is 9.69 Å². The third-order valence-corrected chi connectivity index (χ3v) is 4.65. The molecule has 2 saturated heterocycles. The Morgan fingerprint density at radius 1 is 1.40 bits per heavy atom. The molecular formula is C17H23N3O5. The maximum absolute atomic E-state index is 12.7. The lowest BCUT2D eigenvalue weighted by Crippen LogP contribution is -2.44. The molecule has 3 heterocycles. The largest absolute Gasteiger partial charge is 0.433 e. The molecule has 0 radical (unpaired) electrons. The molecule has 3 rings (SSSR count). The van der Waals surface area contributed by atoms with Crippen molar-refractivity contribution in [1.82, 2.24) is 15.0 Å². The Hall–Kier alpha value is -2.38. The van der Waals surface area contributed by atoms with Gasteiger partial charge in [-0.1, -0.05) is 19.0 Å². The third kappa shape index (κ3) is 3.12. The lowest BCUT2D eigenvalue weighted by molar-refractivity contribution is -0.140. The molecule has 0 aliphatic carbocycles. The number of aromatic nitrogens is 1. The second kappa shape index (κ2) is 6.16. The lowest BCUT2D eigenvalue weighted by Gasteiger charge is -2.24. The molecule has 2 aliphatic rings. The number of imide groups is 1. The molecule has 1 atom stereocenters. The molecule has 1 aromatic rings. The minimum atomic E-state index is -1.22. The molecule has 2 aliphatic heterocycles. The smallest absolute Gasteiger partial charge is 0.418 e. The summed E-state index contributed by atoms with van der Waals surface area (Å²) in [6, 6.07) is 1.68. The van der Waals surface area contributed by atoms with Crippen molar-refractivity contribution >= 4 is 17.9 Å². The predicted molar refractivity (Wildman–Crippen MR) is 86.6 cm³/mol. The molecule has 25 heavy (non-hydrogen) atoms. The van der Waals surface area contributed by atoms with Crippen LogP contribution in [0.4, 0.5) is 4.79 Å². The summed E-state index contributed by atoms with van der Waals surface area (Å²) in [6.45, 7) is 7.29. The van der Waals surface area contributed by atoms with Crippen molar-refractivity contribution in [2.24, 2.45) is 0 Å². The van der Waals surface area contributed by atoms with Gasteiger partial charge in [-0.3, -0.25) is 9.59 Å². The van der Waals surface area contributed by atoms with Crippen LogP contribution in [0.5, 0.6) is 0 Å². The fourth-order valence-corrected chi connectivity index (χ4v) is 3.19. The number of carbonyl (C=O) groups excluding carboxylic acids is 3. The highest BCUT2D eigenvalue weighted by molar-refractivity contribution is 6.04. The van der Waals surface area contributed by atoms with Crippen LogP contribution in [-0.2, 0) is 14.3 Å². The number of carbonyl (C=O) groups is 3. The van der Waals surface area contributed by atoms with Gasteiger partial charge in [0.25, 0.3) is 5.91 Å². The van der Waals surface area contributed by atoms with Crippen molar-refractivity contribution in [2.75, 3.05) is 13.1 Å². The van der Waals surface area contributed by atoms with Gasteiger partial charge in [0.1, 0.15) is 18.0 Å². The van der Waals surface area contributed by atoms with Gasteiger partial charge in [0, 0.05) is 18.5 Å². The molecule has 3 amide bonds. The second-order valence-electron chi connectivity index (χ2n) is 7.32. The Morgan fingerprint density at radius 2 is 2.12 bits per heavy atom. The Morgan fingerprint density at radius 3 is 2.68 bits per heavy atom. The van der Waals surface area contributed by atoms with E-state index in [1.807, 2.05) is 19.9 Å². The maximum Gasteiger partial charge on any atom is 0.418 e. The maximum atomic E-state index is 12.7. The molecule has 1 unspecified atom stereocenters. The Bertz CT molecular complexity index is 709. The number of rotatable bonds is 4. The van der Waals surface area contributed by atoms with Crippen LogP contribution in [0.15, 0.2) is 10.6 Å². The average Bonchev–Trinajstić information content (AvgIpc) is 3.21. The third-order valence-electron chi connectivity index (χ3n) is 4.65. The van der Waals surface area contributed by atoms with E-state index < -0.39 is 17.6 Å². The highest BCUT2D eigenvalue weighted by Gasteiger charge is 2.48. The van der Waals surface area contributed by atoms with Crippen LogP contribution in [-0.4, -0.2) is 51.6 Å². The van der Waals surface area contributed by atoms with E-state index in [4.69, 9.17) is 9.26 Å². The van der Waals surface area contributed by atoms with Crippen molar-refractivity contribution < 1.29 is 23.6 Å². The van der Waals surface area contributed by atoms with Gasteiger partial charge in [-0.2, -0.15) is 0 Å². The minimum absolute atomic E-state index is 0.189. The number of amides is 3. The quantitative estimate of drug-likeness (QED) is 0.827. The van der Waals surface area contributed by atoms with E-state index in [0.29, 0.717) is 12.2 Å². The first-order chi connectivity index (χ1) is 11.7. The van der Waals surface area contributed by atoms with E-state index in [-0.39, 0.29) is 24.4 Å². The normalized spacial score (nSPS) is 22.8. The Kier molecular flexibility index (Phi) is 4.30. The number of hydrogen-bond acceptors (Lipinski definition) is 6. The Balaban J connectivity index is 1.73. The number of ether oxygens (including phenoxy) is 1. The molecule has 8 heteroatoms. The molecule has 136 valence electrons. The predicted octanol–water partition coefficient (Wildman–Crippen LogP) is 2.22. The van der Waals surface area contributed by atoms with Crippen LogP contribution in [0.2, 0.25) is 0 Å². The molecule has 2 fully saturated rings. The first-order valence-corrected chi connectivity index (χ1v) is 8.51. The van der Waals surface area contributed by atoms with Crippen molar-refractivity contribution in [2.45, 2.75) is 58.1 Å². The topological polar surface area (TPSA) is 93.0 Å². The number of hydrogen-bond donors (Lipinski definition) is 0. The molecule has 8 nitrogen and oxygen atoms in total. The van der Waals surface area contributed by atoms with Crippen LogP contribution in [0.3, 0.4) is 0 Å². The highest BCUT2D eigenvalue weighted by atomic mass is 16.6. The summed E-state index contributed by atoms with van der Waals surface area (Å²) in [5.74, 6) is 0.199. The molecule has 0 aromatic carbocycles. The van der Waals surface area contributed by atoms with Gasteiger partial charge >= 0.3 is 6.09 Å². The van der Waals surface area contributed by atoms with E-state index in [1.165, 1.54) is 13.8 Å². The number of cyclic esters (lactones) is 1. The molecule has 0 saturated carbocycles. The van der Waals surface area contributed by atoms with E-state index in [9.17, 15) is 14.4 Å². The molecule has 0 N–H and O–H groups in total. The summed E-state index contributed by atoms with van der Waals surface area (Å²) in [7, 11) is 0. The summed E-state index contributed by atoms with van der Waals surface area (Å²) < 4.78 is 10.4. The first-order valence-electron chi connectivity index (χ1n) is 8.51. The van der Waals surface area contributed by atoms with Crippen molar-refractivity contribution in [3.05, 3.63) is 17.5 Å². The highest BCUT2D eigenvalue weighted by Crippen LogP contribution is 2.33. The van der Waals surface area contributed by atoms with Crippen molar-refractivity contribution in [1.29, 1.82) is 0 Å². The summed E-state index contributed by atoms with van der Waals surface area (Å²) in [5.41, 5.74) is -0.509. The lowest BCUT2D eigenvalue weighted by atomic mass is 10.1. The summed E-state index contributed by atoms with van der Waals surface area (Å²) in [5, 5.41) is 4.10. The standard InChI is InChI=1S/C17H23N3O5/c1-10(2)13-8-11(18-25-13)12-6-5-7-19(12)14(21)9-20-15(22)17(3,4)24-16(20)23/h8,10,12H,5-7,9H2,1-4H3. The zero-order valence-corrected chi connectivity index (χ0v) is 14.9. The van der Waals surface area contributed by atoms with E-state index in [1.54, 1.807) is 4.90 Å². The average molecular weight is 349 g/mol. The zero-order chi connectivity index (χ0) is 18.4. The first kappa shape index (κ1) is 17.4. The van der Waals surface area contributed by atoms with Gasteiger partial charge in [0.2, 0.25) is 5.91 Å². The SMILES string of the molecule is CC(C)c1cc(C2CCCN2C(=O)CN2C(=O)OC(C)(C)C2=O)no1. The van der Waals surface area contributed by atoms with E-state index >= 15 is 0 Å². The fourth-order valence-electron chi connectivity index (χ4n) is 3.19. The molecule has 0 bridgehead atoms. The van der Waals surface area contributed by atoms with E-state index in [0.717, 1.165) is 23.5 Å².